The first-order chi connectivity index (χ1) is 8.61. The van der Waals surface area contributed by atoms with Gasteiger partial charge in [-0.2, -0.15) is 9.97 Å². The van der Waals surface area contributed by atoms with Gasteiger partial charge in [-0.05, 0) is 26.7 Å². The van der Waals surface area contributed by atoms with Gasteiger partial charge in [-0.1, -0.05) is 19.3 Å². The van der Waals surface area contributed by atoms with E-state index in [1.165, 1.54) is 32.1 Å². The second kappa shape index (κ2) is 5.42. The summed E-state index contributed by atoms with van der Waals surface area (Å²) in [5, 5.41) is 6.69. The third-order valence-corrected chi connectivity index (χ3v) is 3.49. The molecule has 0 bridgehead atoms. The average molecular weight is 249 g/mol. The molecule has 1 aromatic heterocycles. The monoisotopic (exact) mass is 249 g/mol. The van der Waals surface area contributed by atoms with E-state index in [0.29, 0.717) is 5.95 Å². The van der Waals surface area contributed by atoms with Crippen molar-refractivity contribution >= 4 is 17.6 Å². The molecule has 0 aliphatic heterocycles. The average Bonchev–Trinajstić information content (AvgIpc) is 2.28. The van der Waals surface area contributed by atoms with E-state index in [9.17, 15) is 0 Å². The summed E-state index contributed by atoms with van der Waals surface area (Å²) in [5.74, 6) is 1.92. The minimum atomic E-state index is 0.141. The molecule has 0 unspecified atom stereocenters. The largest absolute Gasteiger partial charge is 0.370 e. The molecule has 1 aliphatic carbocycles. The number of hydrogen-bond acceptors (Lipinski definition) is 5. The third kappa shape index (κ3) is 3.24. The number of hydrogen-bond donors (Lipinski definition) is 3. The Morgan fingerprint density at radius 3 is 2.56 bits per heavy atom. The first-order valence-electron chi connectivity index (χ1n) is 6.78. The minimum absolute atomic E-state index is 0.141. The van der Waals surface area contributed by atoms with Crippen LogP contribution >= 0.6 is 0 Å². The number of aromatic nitrogens is 2. The van der Waals surface area contributed by atoms with Crippen molar-refractivity contribution < 1.29 is 0 Å². The van der Waals surface area contributed by atoms with Gasteiger partial charge in [0.2, 0.25) is 5.95 Å². The van der Waals surface area contributed by atoms with Crippen LogP contribution in [0.1, 0.15) is 46.0 Å². The molecule has 0 aromatic carbocycles. The zero-order chi connectivity index (χ0) is 13.0. The first-order valence-corrected chi connectivity index (χ1v) is 6.78. The molecule has 1 aliphatic rings. The molecule has 2 rings (SSSR count). The van der Waals surface area contributed by atoms with Crippen molar-refractivity contribution in [2.45, 2.75) is 51.5 Å². The van der Waals surface area contributed by atoms with Crippen molar-refractivity contribution in [1.29, 1.82) is 0 Å². The molecule has 1 aromatic rings. The molecular formula is C13H23N5. The van der Waals surface area contributed by atoms with Crippen LogP contribution in [-0.4, -0.2) is 22.1 Å². The molecule has 0 saturated heterocycles. The summed E-state index contributed by atoms with van der Waals surface area (Å²) in [6, 6.07) is 1.93. The lowest BCUT2D eigenvalue weighted by molar-refractivity contribution is 0.348. The highest BCUT2D eigenvalue weighted by Crippen LogP contribution is 2.31. The quantitative estimate of drug-likeness (QED) is 0.764. The number of rotatable bonds is 4. The minimum Gasteiger partial charge on any atom is -0.370 e. The van der Waals surface area contributed by atoms with Crippen LogP contribution in [0.15, 0.2) is 6.07 Å². The predicted molar refractivity (Wildman–Crippen MR) is 75.7 cm³/mol. The van der Waals surface area contributed by atoms with Crippen molar-refractivity contribution in [3.63, 3.8) is 0 Å². The fourth-order valence-electron chi connectivity index (χ4n) is 2.57. The number of nitrogens with two attached hydrogens (primary N) is 1. The van der Waals surface area contributed by atoms with Crippen molar-refractivity contribution in [3.8, 4) is 0 Å². The van der Waals surface area contributed by atoms with Gasteiger partial charge in [-0.3, -0.25) is 0 Å². The molecule has 100 valence electrons. The summed E-state index contributed by atoms with van der Waals surface area (Å²) >= 11 is 0. The van der Waals surface area contributed by atoms with Gasteiger partial charge in [0.25, 0.3) is 0 Å². The Morgan fingerprint density at radius 2 is 1.89 bits per heavy atom. The van der Waals surface area contributed by atoms with Crippen molar-refractivity contribution in [1.82, 2.24) is 9.97 Å². The standard InChI is InChI=1S/C13H23N5/c1-3-15-10-9-11(17-12(14)16-10)18-13(2)7-5-4-6-8-13/h9H,3-8H2,1-2H3,(H4,14,15,16,17,18). The Kier molecular flexibility index (Phi) is 3.89. The molecule has 18 heavy (non-hydrogen) atoms. The molecule has 1 saturated carbocycles. The number of nitrogens with zero attached hydrogens (tertiary/aromatic N) is 2. The molecule has 1 fully saturated rings. The second-order valence-electron chi connectivity index (χ2n) is 5.27. The summed E-state index contributed by atoms with van der Waals surface area (Å²) in [4.78, 5) is 8.43. The molecule has 5 nitrogen and oxygen atoms in total. The van der Waals surface area contributed by atoms with Gasteiger partial charge in [-0.25, -0.2) is 0 Å². The highest BCUT2D eigenvalue weighted by molar-refractivity contribution is 5.52. The normalized spacial score (nSPS) is 18.3. The van der Waals surface area contributed by atoms with Gasteiger partial charge in [0, 0.05) is 18.2 Å². The molecule has 4 N–H and O–H groups in total. The molecule has 0 spiro atoms. The van der Waals surface area contributed by atoms with E-state index in [1.807, 2.05) is 13.0 Å². The van der Waals surface area contributed by atoms with Crippen LogP contribution < -0.4 is 16.4 Å². The van der Waals surface area contributed by atoms with E-state index in [1.54, 1.807) is 0 Å². The number of anilines is 3. The van der Waals surface area contributed by atoms with Crippen molar-refractivity contribution in [2.75, 3.05) is 22.9 Å². The van der Waals surface area contributed by atoms with Crippen LogP contribution in [0.5, 0.6) is 0 Å². The van der Waals surface area contributed by atoms with Crippen LogP contribution in [0.2, 0.25) is 0 Å². The Balaban J connectivity index is 2.12. The Morgan fingerprint density at radius 1 is 1.22 bits per heavy atom. The lowest BCUT2D eigenvalue weighted by Gasteiger charge is -2.35. The maximum absolute atomic E-state index is 5.74. The first kappa shape index (κ1) is 12.9. The summed E-state index contributed by atoms with van der Waals surface area (Å²) < 4.78 is 0. The zero-order valence-electron chi connectivity index (χ0n) is 11.3. The zero-order valence-corrected chi connectivity index (χ0v) is 11.3. The summed E-state index contributed by atoms with van der Waals surface area (Å²) in [7, 11) is 0. The van der Waals surface area contributed by atoms with Crippen LogP contribution in [0.3, 0.4) is 0 Å². The van der Waals surface area contributed by atoms with Gasteiger partial charge in [0.05, 0.1) is 0 Å². The van der Waals surface area contributed by atoms with Crippen LogP contribution in [-0.2, 0) is 0 Å². The summed E-state index contributed by atoms with van der Waals surface area (Å²) in [6.07, 6.45) is 6.28. The predicted octanol–water partition coefficient (Wildman–Crippen LogP) is 2.63. The molecule has 0 atom stereocenters. The highest BCUT2D eigenvalue weighted by atomic mass is 15.1. The summed E-state index contributed by atoms with van der Waals surface area (Å²) in [6.45, 7) is 5.12. The molecule has 5 heteroatoms. The van der Waals surface area contributed by atoms with Crippen molar-refractivity contribution in [3.05, 3.63) is 6.07 Å². The lowest BCUT2D eigenvalue weighted by atomic mass is 9.83. The van der Waals surface area contributed by atoms with Crippen LogP contribution in [0.4, 0.5) is 17.6 Å². The lowest BCUT2D eigenvalue weighted by Crippen LogP contribution is -2.37. The second-order valence-corrected chi connectivity index (χ2v) is 5.27. The maximum atomic E-state index is 5.74. The fraction of sp³-hybridized carbons (Fsp3) is 0.692. The van der Waals surface area contributed by atoms with Gasteiger partial charge < -0.3 is 16.4 Å². The molecular weight excluding hydrogens is 226 g/mol. The van der Waals surface area contributed by atoms with Crippen LogP contribution in [0.25, 0.3) is 0 Å². The SMILES string of the molecule is CCNc1cc(NC2(C)CCCCC2)nc(N)n1. The highest BCUT2D eigenvalue weighted by Gasteiger charge is 2.26. The molecule has 1 heterocycles. The van der Waals surface area contributed by atoms with Gasteiger partial charge >= 0.3 is 0 Å². The molecule has 0 radical (unpaired) electrons. The number of nitrogens with one attached hydrogen (secondary N) is 2. The van der Waals surface area contributed by atoms with Gasteiger partial charge in [-0.15, -0.1) is 0 Å². The van der Waals surface area contributed by atoms with E-state index >= 15 is 0 Å². The van der Waals surface area contributed by atoms with Crippen LogP contribution in [0, 0.1) is 0 Å². The Labute approximate surface area is 109 Å². The number of nitrogen functional groups attached to an aromatic ring is 1. The van der Waals surface area contributed by atoms with E-state index in [-0.39, 0.29) is 5.54 Å². The Hall–Kier alpha value is -1.52. The van der Waals surface area contributed by atoms with E-state index < -0.39 is 0 Å². The van der Waals surface area contributed by atoms with Crippen molar-refractivity contribution in [2.24, 2.45) is 0 Å². The van der Waals surface area contributed by atoms with Gasteiger partial charge in [0.1, 0.15) is 11.6 Å². The third-order valence-electron chi connectivity index (χ3n) is 3.49. The van der Waals surface area contributed by atoms with E-state index in [0.717, 1.165) is 18.2 Å². The fourth-order valence-corrected chi connectivity index (χ4v) is 2.57. The Bertz CT molecular complexity index is 398. The maximum Gasteiger partial charge on any atom is 0.223 e. The topological polar surface area (TPSA) is 75.9 Å². The molecule has 0 amide bonds. The van der Waals surface area contributed by atoms with E-state index in [2.05, 4.69) is 27.5 Å². The van der Waals surface area contributed by atoms with Gasteiger partial charge in [0.15, 0.2) is 0 Å². The smallest absolute Gasteiger partial charge is 0.223 e. The van der Waals surface area contributed by atoms with E-state index in [4.69, 9.17) is 5.73 Å². The summed E-state index contributed by atoms with van der Waals surface area (Å²) in [5.41, 5.74) is 5.88.